The Morgan fingerprint density at radius 3 is 2.72 bits per heavy atom. The van der Waals surface area contributed by atoms with E-state index in [1.807, 2.05) is 28.9 Å². The third-order valence-corrected chi connectivity index (χ3v) is 6.49. The minimum absolute atomic E-state index is 0.0689. The van der Waals surface area contributed by atoms with Crippen molar-refractivity contribution in [2.75, 3.05) is 0 Å². The topological polar surface area (TPSA) is 92.8 Å². The smallest absolute Gasteiger partial charge is 0.252 e. The van der Waals surface area contributed by atoms with Crippen molar-refractivity contribution in [1.29, 1.82) is 0 Å². The van der Waals surface area contributed by atoms with Crippen LogP contribution in [0.15, 0.2) is 45.8 Å². The molecule has 4 aromatic rings. The molecule has 1 aromatic carbocycles. The second kappa shape index (κ2) is 8.70. The number of aromatic nitrogens is 5. The summed E-state index contributed by atoms with van der Waals surface area (Å²) in [6, 6.07) is 10.3. The lowest BCUT2D eigenvalue weighted by Crippen LogP contribution is -2.28. The fraction of sp³-hybridized carbons (Fsp3) is 0.417. The number of aryl methyl sites for hydroxylation is 2. The van der Waals surface area contributed by atoms with Crippen LogP contribution in [-0.2, 0) is 19.6 Å². The van der Waals surface area contributed by atoms with Gasteiger partial charge in [0.15, 0.2) is 5.82 Å². The number of H-pyrrole nitrogens is 1. The highest BCUT2D eigenvalue weighted by atomic mass is 16.3. The van der Waals surface area contributed by atoms with E-state index in [1.54, 1.807) is 6.26 Å². The maximum atomic E-state index is 12.9. The summed E-state index contributed by atoms with van der Waals surface area (Å²) >= 11 is 0. The highest BCUT2D eigenvalue weighted by Crippen LogP contribution is 2.29. The van der Waals surface area contributed by atoms with E-state index in [4.69, 9.17) is 4.42 Å². The van der Waals surface area contributed by atoms with Gasteiger partial charge in [-0.1, -0.05) is 12.8 Å². The molecule has 0 unspecified atom stereocenters. The summed E-state index contributed by atoms with van der Waals surface area (Å²) in [6.07, 6.45) is 6.32. The Balaban J connectivity index is 1.45. The lowest BCUT2D eigenvalue weighted by atomic mass is 10.0. The van der Waals surface area contributed by atoms with Crippen molar-refractivity contribution in [3.05, 3.63) is 75.2 Å². The van der Waals surface area contributed by atoms with Gasteiger partial charge in [-0.15, -0.1) is 5.10 Å². The normalized spacial score (nSPS) is 14.7. The second-order valence-electron chi connectivity index (χ2n) is 8.85. The lowest BCUT2D eigenvalue weighted by Gasteiger charge is -2.22. The Bertz CT molecular complexity index is 1270. The number of nitrogens with one attached hydrogen (secondary N) is 1. The van der Waals surface area contributed by atoms with Crippen LogP contribution in [0.3, 0.4) is 0 Å². The Labute approximate surface area is 186 Å². The average Bonchev–Trinajstić information content (AvgIpc) is 3.52. The van der Waals surface area contributed by atoms with Crippen LogP contribution in [0.1, 0.15) is 60.0 Å². The second-order valence-corrected chi connectivity index (χ2v) is 8.85. The van der Waals surface area contributed by atoms with Crippen LogP contribution in [0.2, 0.25) is 0 Å². The number of nitrogens with zero attached hydrogens (tertiary/aromatic N) is 5. The third-order valence-electron chi connectivity index (χ3n) is 6.49. The summed E-state index contributed by atoms with van der Waals surface area (Å²) in [7, 11) is 0. The molecule has 0 amide bonds. The van der Waals surface area contributed by atoms with E-state index in [1.165, 1.54) is 24.0 Å². The molecule has 8 heteroatoms. The van der Waals surface area contributed by atoms with Crippen LogP contribution in [0.4, 0.5) is 0 Å². The molecule has 3 heterocycles. The molecule has 0 bridgehead atoms. The molecule has 1 fully saturated rings. The zero-order valence-electron chi connectivity index (χ0n) is 18.5. The highest BCUT2D eigenvalue weighted by Gasteiger charge is 2.23. The number of pyridine rings is 1. The molecule has 1 aliphatic rings. The summed E-state index contributed by atoms with van der Waals surface area (Å²) in [5.41, 5.74) is 3.88. The van der Waals surface area contributed by atoms with Gasteiger partial charge in [0, 0.05) is 17.6 Å². The number of tetrazole rings is 1. The van der Waals surface area contributed by atoms with Crippen molar-refractivity contribution in [2.24, 2.45) is 0 Å². The Kier molecular flexibility index (Phi) is 5.61. The van der Waals surface area contributed by atoms with E-state index in [0.29, 0.717) is 31.2 Å². The SMILES string of the molecule is Cc1cc2cc(CN(Cc3ccco3)Cc3nnnn3C3CCCC3)c(=O)[nH]c2cc1C. The predicted molar refractivity (Wildman–Crippen MR) is 121 cm³/mol. The van der Waals surface area contributed by atoms with Gasteiger partial charge in [0.25, 0.3) is 5.56 Å². The van der Waals surface area contributed by atoms with Crippen LogP contribution in [0.25, 0.3) is 10.9 Å². The molecule has 0 radical (unpaired) electrons. The van der Waals surface area contributed by atoms with Crippen molar-refractivity contribution < 1.29 is 4.42 Å². The van der Waals surface area contributed by atoms with E-state index in [9.17, 15) is 4.79 Å². The standard InChI is InChI=1S/C24H28N6O2/c1-16-10-18-12-19(24(31)25-22(18)11-17(16)2)13-29(14-21-8-5-9-32-21)15-23-26-27-28-30(23)20-6-3-4-7-20/h5,8-12,20H,3-4,6-7,13-15H2,1-2H3,(H,25,31). The quantitative estimate of drug-likeness (QED) is 0.474. The van der Waals surface area contributed by atoms with Gasteiger partial charge in [-0.25, -0.2) is 4.68 Å². The van der Waals surface area contributed by atoms with Crippen LogP contribution in [0.5, 0.6) is 0 Å². The van der Waals surface area contributed by atoms with E-state index in [0.717, 1.165) is 35.3 Å². The molecule has 5 rings (SSSR count). The molecule has 0 spiro atoms. The van der Waals surface area contributed by atoms with Crippen LogP contribution in [0, 0.1) is 13.8 Å². The molecule has 1 N–H and O–H groups in total. The highest BCUT2D eigenvalue weighted by molar-refractivity contribution is 5.80. The first-order valence-electron chi connectivity index (χ1n) is 11.2. The molecule has 0 saturated heterocycles. The minimum atomic E-state index is -0.0689. The maximum Gasteiger partial charge on any atom is 0.252 e. The molecular weight excluding hydrogens is 404 g/mol. The summed E-state index contributed by atoms with van der Waals surface area (Å²) in [4.78, 5) is 18.1. The molecule has 32 heavy (non-hydrogen) atoms. The van der Waals surface area contributed by atoms with Crippen molar-refractivity contribution in [3.63, 3.8) is 0 Å². The molecule has 8 nitrogen and oxygen atoms in total. The van der Waals surface area contributed by atoms with Crippen LogP contribution < -0.4 is 5.56 Å². The predicted octanol–water partition coefficient (Wildman–Crippen LogP) is 4.04. The molecule has 3 aromatic heterocycles. The van der Waals surface area contributed by atoms with Gasteiger partial charge in [0.05, 0.1) is 25.4 Å². The molecule has 0 atom stereocenters. The minimum Gasteiger partial charge on any atom is -0.468 e. The number of hydrogen-bond donors (Lipinski definition) is 1. The zero-order valence-corrected chi connectivity index (χ0v) is 18.5. The van der Waals surface area contributed by atoms with Crippen molar-refractivity contribution in [1.82, 2.24) is 30.1 Å². The van der Waals surface area contributed by atoms with Crippen molar-refractivity contribution in [3.8, 4) is 0 Å². The summed E-state index contributed by atoms with van der Waals surface area (Å²) in [6.45, 7) is 5.71. The average molecular weight is 433 g/mol. The Morgan fingerprint density at radius 1 is 1.12 bits per heavy atom. The van der Waals surface area contributed by atoms with E-state index >= 15 is 0 Å². The number of hydrogen-bond acceptors (Lipinski definition) is 6. The van der Waals surface area contributed by atoms with E-state index in [-0.39, 0.29) is 5.56 Å². The first-order chi connectivity index (χ1) is 15.6. The maximum absolute atomic E-state index is 12.9. The van der Waals surface area contributed by atoms with Crippen LogP contribution >= 0.6 is 0 Å². The van der Waals surface area contributed by atoms with E-state index < -0.39 is 0 Å². The van der Waals surface area contributed by atoms with E-state index in [2.05, 4.69) is 45.3 Å². The van der Waals surface area contributed by atoms with Gasteiger partial charge >= 0.3 is 0 Å². The van der Waals surface area contributed by atoms with Gasteiger partial charge in [-0.05, 0) is 84.0 Å². The monoisotopic (exact) mass is 432 g/mol. The zero-order chi connectivity index (χ0) is 22.1. The molecular formula is C24H28N6O2. The summed E-state index contributed by atoms with van der Waals surface area (Å²) in [5.74, 6) is 1.67. The van der Waals surface area contributed by atoms with Crippen LogP contribution in [-0.4, -0.2) is 30.1 Å². The first kappa shape index (κ1) is 20.6. The van der Waals surface area contributed by atoms with Gasteiger partial charge in [0.1, 0.15) is 5.76 Å². The molecule has 166 valence electrons. The Morgan fingerprint density at radius 2 is 1.94 bits per heavy atom. The lowest BCUT2D eigenvalue weighted by molar-refractivity contribution is 0.213. The van der Waals surface area contributed by atoms with Crippen molar-refractivity contribution >= 4 is 10.9 Å². The van der Waals surface area contributed by atoms with Gasteiger partial charge in [-0.3, -0.25) is 9.69 Å². The first-order valence-corrected chi connectivity index (χ1v) is 11.2. The molecule has 1 saturated carbocycles. The summed E-state index contributed by atoms with van der Waals surface area (Å²) < 4.78 is 7.57. The summed E-state index contributed by atoms with van der Waals surface area (Å²) in [5, 5.41) is 13.6. The number of fused-ring (bicyclic) bond motifs is 1. The largest absolute Gasteiger partial charge is 0.468 e. The van der Waals surface area contributed by atoms with Gasteiger partial charge in [0.2, 0.25) is 0 Å². The fourth-order valence-corrected chi connectivity index (χ4v) is 4.62. The molecule has 0 aliphatic heterocycles. The van der Waals surface area contributed by atoms with Gasteiger partial charge < -0.3 is 9.40 Å². The number of rotatable bonds is 7. The Hall–Kier alpha value is -3.26. The fourth-order valence-electron chi connectivity index (χ4n) is 4.62. The van der Waals surface area contributed by atoms with Gasteiger partial charge in [-0.2, -0.15) is 0 Å². The number of benzene rings is 1. The third kappa shape index (κ3) is 4.23. The van der Waals surface area contributed by atoms with Crippen molar-refractivity contribution in [2.45, 2.75) is 65.2 Å². The molecule has 1 aliphatic carbocycles. The number of furan rings is 1. The number of aromatic amines is 1.